The van der Waals surface area contributed by atoms with E-state index >= 15 is 0 Å². The summed E-state index contributed by atoms with van der Waals surface area (Å²) in [7, 11) is 0. The molecule has 0 spiro atoms. The Morgan fingerprint density at radius 3 is 2.47 bits per heavy atom. The van der Waals surface area contributed by atoms with Crippen LogP contribution in [0.4, 0.5) is 0 Å². The summed E-state index contributed by atoms with van der Waals surface area (Å²) in [6, 6.07) is 0. The van der Waals surface area contributed by atoms with Crippen molar-refractivity contribution in [3.63, 3.8) is 0 Å². The second-order valence-corrected chi connectivity index (χ2v) is 6.40. The zero-order valence-corrected chi connectivity index (χ0v) is 11.0. The second-order valence-electron chi connectivity index (χ2n) is 6.40. The van der Waals surface area contributed by atoms with E-state index in [4.69, 9.17) is 0 Å². The zero-order chi connectivity index (χ0) is 11.6. The zero-order valence-electron chi connectivity index (χ0n) is 11.0. The van der Waals surface area contributed by atoms with E-state index in [1.807, 2.05) is 0 Å². The van der Waals surface area contributed by atoms with Crippen molar-refractivity contribution < 1.29 is 4.79 Å². The molecule has 0 aromatic carbocycles. The topological polar surface area (TPSA) is 17.1 Å². The highest BCUT2D eigenvalue weighted by Crippen LogP contribution is 2.44. The number of carbonyl (C=O) groups is 1. The molecule has 1 fully saturated rings. The Labute approximate surface area is 94.6 Å². The summed E-state index contributed by atoms with van der Waals surface area (Å²) in [6.45, 7) is 11.1. The Balaban J connectivity index is 2.74. The molecule has 1 heteroatoms. The third kappa shape index (κ3) is 3.06. The van der Waals surface area contributed by atoms with Crippen LogP contribution in [0.5, 0.6) is 0 Å². The number of ketones is 1. The summed E-state index contributed by atoms with van der Waals surface area (Å²) in [5.41, 5.74) is 0.226. The molecule has 0 aromatic rings. The maximum Gasteiger partial charge on any atom is 0.137 e. The van der Waals surface area contributed by atoms with Gasteiger partial charge in [0.2, 0.25) is 0 Å². The van der Waals surface area contributed by atoms with Crippen molar-refractivity contribution in [2.45, 2.75) is 60.3 Å². The van der Waals surface area contributed by atoms with Crippen LogP contribution in [0, 0.1) is 23.2 Å². The van der Waals surface area contributed by atoms with Crippen molar-refractivity contribution in [1.82, 2.24) is 0 Å². The molecule has 0 N–H and O–H groups in total. The van der Waals surface area contributed by atoms with E-state index < -0.39 is 0 Å². The van der Waals surface area contributed by atoms with Gasteiger partial charge in [-0.1, -0.05) is 41.0 Å². The first-order valence-electron chi connectivity index (χ1n) is 6.37. The lowest BCUT2D eigenvalue weighted by Crippen LogP contribution is -2.39. The van der Waals surface area contributed by atoms with Gasteiger partial charge in [0.25, 0.3) is 0 Å². The minimum absolute atomic E-state index is 0.226. The smallest absolute Gasteiger partial charge is 0.137 e. The molecule has 1 aliphatic rings. The van der Waals surface area contributed by atoms with E-state index in [9.17, 15) is 4.79 Å². The van der Waals surface area contributed by atoms with Gasteiger partial charge in [-0.05, 0) is 30.1 Å². The predicted molar refractivity (Wildman–Crippen MR) is 64.7 cm³/mol. The summed E-state index contributed by atoms with van der Waals surface area (Å²) < 4.78 is 0. The minimum atomic E-state index is 0.226. The molecule has 1 aliphatic carbocycles. The molecular weight excluding hydrogens is 184 g/mol. The van der Waals surface area contributed by atoms with Gasteiger partial charge < -0.3 is 0 Å². The number of hydrogen-bond acceptors (Lipinski definition) is 1. The Hall–Kier alpha value is -0.330. The van der Waals surface area contributed by atoms with E-state index in [1.54, 1.807) is 0 Å². The average molecular weight is 210 g/mol. The highest BCUT2D eigenvalue weighted by Gasteiger charge is 2.40. The highest BCUT2D eigenvalue weighted by molar-refractivity contribution is 5.82. The molecule has 1 saturated carbocycles. The molecule has 0 aliphatic heterocycles. The van der Waals surface area contributed by atoms with Crippen LogP contribution in [0.2, 0.25) is 0 Å². The summed E-state index contributed by atoms with van der Waals surface area (Å²) in [4.78, 5) is 12.2. The SMILES string of the molecule is CC(C)CC(=O)C1[C@H](C)CCCC1(C)C. The van der Waals surface area contributed by atoms with Crippen molar-refractivity contribution in [3.8, 4) is 0 Å². The fourth-order valence-electron chi connectivity index (χ4n) is 3.25. The van der Waals surface area contributed by atoms with Gasteiger partial charge in [0.15, 0.2) is 0 Å². The Bertz CT molecular complexity index is 227. The molecule has 0 aromatic heterocycles. The van der Waals surface area contributed by atoms with Crippen molar-refractivity contribution in [1.29, 1.82) is 0 Å². The Kier molecular flexibility index (Phi) is 3.97. The fourth-order valence-corrected chi connectivity index (χ4v) is 3.25. The van der Waals surface area contributed by atoms with Gasteiger partial charge in [0, 0.05) is 12.3 Å². The Morgan fingerprint density at radius 1 is 1.40 bits per heavy atom. The van der Waals surface area contributed by atoms with Gasteiger partial charge >= 0.3 is 0 Å². The highest BCUT2D eigenvalue weighted by atomic mass is 16.1. The van der Waals surface area contributed by atoms with Crippen LogP contribution < -0.4 is 0 Å². The van der Waals surface area contributed by atoms with Gasteiger partial charge in [-0.25, -0.2) is 0 Å². The molecular formula is C14H26O. The average Bonchev–Trinajstić information content (AvgIpc) is 1.99. The van der Waals surface area contributed by atoms with Crippen molar-refractivity contribution in [2.24, 2.45) is 23.2 Å². The van der Waals surface area contributed by atoms with Crippen molar-refractivity contribution in [3.05, 3.63) is 0 Å². The first-order chi connectivity index (χ1) is 6.84. The van der Waals surface area contributed by atoms with Gasteiger partial charge in [-0.15, -0.1) is 0 Å². The van der Waals surface area contributed by atoms with Crippen LogP contribution in [-0.2, 0) is 4.79 Å². The van der Waals surface area contributed by atoms with Crippen molar-refractivity contribution >= 4 is 5.78 Å². The van der Waals surface area contributed by atoms with Crippen LogP contribution in [0.15, 0.2) is 0 Å². The van der Waals surface area contributed by atoms with E-state index in [0.717, 1.165) is 6.42 Å². The lowest BCUT2D eigenvalue weighted by molar-refractivity contribution is -0.131. The monoisotopic (exact) mass is 210 g/mol. The van der Waals surface area contributed by atoms with E-state index in [1.165, 1.54) is 19.3 Å². The van der Waals surface area contributed by atoms with Crippen LogP contribution in [0.1, 0.15) is 60.3 Å². The standard InChI is InChI=1S/C14H26O/c1-10(2)9-12(15)13-11(3)7-6-8-14(13,4)5/h10-11,13H,6-9H2,1-5H3/t11-,13?/m1/s1. The molecule has 1 unspecified atom stereocenters. The van der Waals surface area contributed by atoms with Gasteiger partial charge in [-0.3, -0.25) is 4.79 Å². The quantitative estimate of drug-likeness (QED) is 0.686. The maximum absolute atomic E-state index is 12.2. The van der Waals surface area contributed by atoms with Crippen LogP contribution >= 0.6 is 0 Å². The fraction of sp³-hybridized carbons (Fsp3) is 0.929. The number of Topliss-reactive ketones (excluding diaryl/α,β-unsaturated/α-hetero) is 1. The van der Waals surface area contributed by atoms with Gasteiger partial charge in [-0.2, -0.15) is 0 Å². The third-order valence-corrected chi connectivity index (χ3v) is 3.85. The molecule has 0 amide bonds. The summed E-state index contributed by atoms with van der Waals surface area (Å²) in [5.74, 6) is 1.89. The van der Waals surface area contributed by atoms with Gasteiger partial charge in [0.05, 0.1) is 0 Å². The maximum atomic E-state index is 12.2. The molecule has 1 nitrogen and oxygen atoms in total. The lowest BCUT2D eigenvalue weighted by atomic mass is 9.62. The van der Waals surface area contributed by atoms with Crippen LogP contribution in [0.25, 0.3) is 0 Å². The largest absolute Gasteiger partial charge is 0.299 e. The molecule has 0 bridgehead atoms. The normalized spacial score (nSPS) is 30.5. The minimum Gasteiger partial charge on any atom is -0.299 e. The third-order valence-electron chi connectivity index (χ3n) is 3.85. The van der Waals surface area contributed by atoms with Gasteiger partial charge in [0.1, 0.15) is 5.78 Å². The Morgan fingerprint density at radius 2 is 2.00 bits per heavy atom. The number of hydrogen-bond donors (Lipinski definition) is 0. The molecule has 1 rings (SSSR count). The van der Waals surface area contributed by atoms with Crippen molar-refractivity contribution in [2.75, 3.05) is 0 Å². The van der Waals surface area contributed by atoms with Crippen LogP contribution in [0.3, 0.4) is 0 Å². The molecule has 15 heavy (non-hydrogen) atoms. The van der Waals surface area contributed by atoms with E-state index in [2.05, 4.69) is 34.6 Å². The summed E-state index contributed by atoms with van der Waals surface area (Å²) >= 11 is 0. The second kappa shape index (κ2) is 4.67. The molecule has 0 saturated heterocycles. The molecule has 2 atom stereocenters. The summed E-state index contributed by atoms with van der Waals surface area (Å²) in [5, 5.41) is 0. The lowest BCUT2D eigenvalue weighted by Gasteiger charge is -2.42. The summed E-state index contributed by atoms with van der Waals surface area (Å²) in [6.07, 6.45) is 4.50. The predicted octanol–water partition coefficient (Wildman–Crippen LogP) is 4.06. The first-order valence-corrected chi connectivity index (χ1v) is 6.37. The number of carbonyl (C=O) groups excluding carboxylic acids is 1. The first kappa shape index (κ1) is 12.7. The van der Waals surface area contributed by atoms with Crippen LogP contribution in [-0.4, -0.2) is 5.78 Å². The molecule has 0 heterocycles. The van der Waals surface area contributed by atoms with E-state index in [-0.39, 0.29) is 5.41 Å². The van der Waals surface area contributed by atoms with E-state index in [0.29, 0.717) is 23.5 Å². The molecule has 0 radical (unpaired) electrons. The molecule has 88 valence electrons. The number of rotatable bonds is 3.